The highest BCUT2D eigenvalue weighted by Crippen LogP contribution is 2.48. The van der Waals surface area contributed by atoms with Crippen molar-refractivity contribution >= 4 is 28.4 Å². The number of phenols is 1. The molecule has 4 aliphatic heterocycles. The molecule has 3 atom stereocenters. The Morgan fingerprint density at radius 1 is 0.758 bits per heavy atom. The third kappa shape index (κ3) is 7.05. The number of aromatic hydroxyl groups is 1. The van der Waals surface area contributed by atoms with E-state index in [1.165, 1.54) is 106 Å². The number of anilines is 2. The molecule has 3 saturated heterocycles. The Hall–Kier alpha value is -5.25. The van der Waals surface area contributed by atoms with Crippen molar-refractivity contribution in [3.05, 3.63) is 153 Å². The van der Waals surface area contributed by atoms with Crippen LogP contribution in [0.3, 0.4) is 0 Å². The minimum atomic E-state index is -0.0687. The second-order valence-corrected chi connectivity index (χ2v) is 20.4. The van der Waals surface area contributed by atoms with E-state index in [2.05, 4.69) is 135 Å². The number of likely N-dealkylation sites (tertiary alicyclic amines) is 1. The van der Waals surface area contributed by atoms with E-state index in [9.17, 15) is 5.11 Å². The molecule has 1 N–H and O–H groups in total. The molecule has 0 radical (unpaired) electrons. The summed E-state index contributed by atoms with van der Waals surface area (Å²) < 4.78 is 2.22. The summed E-state index contributed by atoms with van der Waals surface area (Å²) in [7, 11) is 0. The smallest absolute Gasteiger partial charge is 0.162 e. The number of hydrogen-bond acceptors (Lipinski definition) is 8. The lowest BCUT2D eigenvalue weighted by Gasteiger charge is -2.55. The zero-order valence-electron chi connectivity index (χ0n) is 36.7. The molecule has 0 bridgehead atoms. The van der Waals surface area contributed by atoms with Crippen LogP contribution in [0.2, 0.25) is 0 Å². The van der Waals surface area contributed by atoms with Crippen molar-refractivity contribution in [2.75, 3.05) is 55.6 Å². The van der Waals surface area contributed by atoms with Gasteiger partial charge in [0.05, 0.1) is 5.71 Å². The molecular weight excluding hydrogens is 783 g/mol. The predicted molar refractivity (Wildman–Crippen MR) is 253 cm³/mol. The van der Waals surface area contributed by atoms with Crippen LogP contribution < -0.4 is 9.80 Å². The Bertz CT molecular complexity index is 2600. The van der Waals surface area contributed by atoms with Crippen LogP contribution in [0.25, 0.3) is 5.00 Å². The number of thiophene rings is 1. The Balaban J connectivity index is 0.678. The SMILES string of the molecule is Cc1sc2c(c1C)C(c1ccc(N3CCC4(CC3)CN(CC3CCN(c5ccc([C@@H]6c7ccc(O)cc7CC[C@@H]6c6ccccc6)cc5)CC3)C4)cc1)=N[C@@H](C)c1nnc(C)n1-2. The quantitative estimate of drug-likeness (QED) is 0.173. The molecule has 318 valence electrons. The van der Waals surface area contributed by atoms with Crippen molar-refractivity contribution in [3.63, 3.8) is 0 Å². The maximum absolute atomic E-state index is 10.3. The number of aliphatic imine (C=N–C) groups is 1. The number of hydrogen-bond donors (Lipinski definition) is 1. The van der Waals surface area contributed by atoms with Crippen LogP contribution in [-0.4, -0.2) is 76.3 Å². The highest BCUT2D eigenvalue weighted by Gasteiger charge is 2.45. The molecule has 6 aromatic rings. The summed E-state index contributed by atoms with van der Waals surface area (Å²) in [5, 5.41) is 20.4. The van der Waals surface area contributed by atoms with Crippen molar-refractivity contribution in [3.8, 4) is 10.8 Å². The van der Waals surface area contributed by atoms with Gasteiger partial charge in [0.15, 0.2) is 5.82 Å². The molecule has 62 heavy (non-hydrogen) atoms. The molecule has 6 heterocycles. The minimum Gasteiger partial charge on any atom is -0.508 e. The summed E-state index contributed by atoms with van der Waals surface area (Å²) in [4.78, 5) is 14.6. The third-order valence-corrected chi connectivity index (χ3v) is 16.6. The molecule has 2 aromatic heterocycles. The molecule has 0 amide bonds. The fourth-order valence-corrected chi connectivity index (χ4v) is 13.0. The Labute approximate surface area is 371 Å². The lowest BCUT2D eigenvalue weighted by molar-refractivity contribution is -0.0292. The second kappa shape index (κ2) is 15.8. The predicted octanol–water partition coefficient (Wildman–Crippen LogP) is 10.6. The number of rotatable bonds is 7. The average Bonchev–Trinajstić information content (AvgIpc) is 3.78. The van der Waals surface area contributed by atoms with E-state index < -0.39 is 0 Å². The molecule has 5 aliphatic rings. The second-order valence-electron chi connectivity index (χ2n) is 19.2. The molecular formula is C53H59N7OS. The maximum Gasteiger partial charge on any atom is 0.162 e. The molecule has 0 unspecified atom stereocenters. The van der Waals surface area contributed by atoms with Gasteiger partial charge in [-0.1, -0.05) is 60.7 Å². The van der Waals surface area contributed by atoms with Gasteiger partial charge in [-0.15, -0.1) is 21.5 Å². The zero-order valence-corrected chi connectivity index (χ0v) is 37.5. The van der Waals surface area contributed by atoms with E-state index in [0.29, 0.717) is 17.1 Å². The van der Waals surface area contributed by atoms with Crippen LogP contribution in [0.5, 0.6) is 5.75 Å². The molecule has 11 rings (SSSR count). The zero-order chi connectivity index (χ0) is 42.1. The van der Waals surface area contributed by atoms with Crippen molar-refractivity contribution in [1.82, 2.24) is 19.7 Å². The molecule has 3 fully saturated rings. The molecule has 1 aliphatic carbocycles. The van der Waals surface area contributed by atoms with Gasteiger partial charge in [-0.05, 0) is 148 Å². The van der Waals surface area contributed by atoms with Crippen molar-refractivity contribution in [1.29, 1.82) is 0 Å². The fourth-order valence-electron chi connectivity index (χ4n) is 11.8. The Morgan fingerprint density at radius 2 is 1.45 bits per heavy atom. The fraction of sp³-hybridized carbons (Fsp3) is 0.415. The number of aryl methyl sites for hydroxylation is 3. The normalized spacial score (nSPS) is 22.4. The van der Waals surface area contributed by atoms with Crippen LogP contribution in [0.15, 0.2) is 102 Å². The minimum absolute atomic E-state index is 0.0687. The first-order valence-electron chi connectivity index (χ1n) is 23.1. The van der Waals surface area contributed by atoms with E-state index in [0.717, 1.165) is 62.3 Å². The summed E-state index contributed by atoms with van der Waals surface area (Å²) in [5.74, 6) is 3.70. The number of aromatic nitrogens is 3. The highest BCUT2D eigenvalue weighted by atomic mass is 32.1. The Kier molecular flexibility index (Phi) is 10.1. The first kappa shape index (κ1) is 39.6. The monoisotopic (exact) mass is 841 g/mol. The first-order valence-corrected chi connectivity index (χ1v) is 23.9. The number of phenolic OH excluding ortho intramolecular Hbond substituents is 1. The lowest BCUT2D eigenvalue weighted by atomic mass is 9.69. The molecule has 0 saturated carbocycles. The topological polar surface area (TPSA) is 73.0 Å². The van der Waals surface area contributed by atoms with Gasteiger partial charge in [0.25, 0.3) is 0 Å². The van der Waals surface area contributed by atoms with Crippen LogP contribution in [-0.2, 0) is 6.42 Å². The summed E-state index contributed by atoms with van der Waals surface area (Å²) in [6.07, 6.45) is 7.18. The van der Waals surface area contributed by atoms with Gasteiger partial charge in [-0.25, -0.2) is 0 Å². The summed E-state index contributed by atoms with van der Waals surface area (Å²) in [5.41, 5.74) is 13.4. The van der Waals surface area contributed by atoms with Gasteiger partial charge in [0.1, 0.15) is 22.6 Å². The van der Waals surface area contributed by atoms with E-state index in [-0.39, 0.29) is 12.0 Å². The number of piperidine rings is 2. The maximum atomic E-state index is 10.3. The molecule has 9 heteroatoms. The Morgan fingerprint density at radius 3 is 2.18 bits per heavy atom. The molecule has 4 aromatic carbocycles. The van der Waals surface area contributed by atoms with E-state index in [1.54, 1.807) is 0 Å². The van der Waals surface area contributed by atoms with Crippen LogP contribution >= 0.6 is 11.3 Å². The number of nitrogens with zero attached hydrogens (tertiary/aromatic N) is 7. The average molecular weight is 842 g/mol. The number of benzene rings is 4. The highest BCUT2D eigenvalue weighted by molar-refractivity contribution is 7.15. The van der Waals surface area contributed by atoms with E-state index in [1.807, 2.05) is 30.4 Å². The van der Waals surface area contributed by atoms with Crippen molar-refractivity contribution in [2.45, 2.75) is 84.1 Å². The van der Waals surface area contributed by atoms with Crippen LogP contribution in [0.4, 0.5) is 11.4 Å². The van der Waals surface area contributed by atoms with Gasteiger partial charge in [0.2, 0.25) is 0 Å². The molecule has 1 spiro atoms. The summed E-state index contributed by atoms with van der Waals surface area (Å²) in [6, 6.07) is 35.7. The summed E-state index contributed by atoms with van der Waals surface area (Å²) in [6.45, 7) is 16.9. The van der Waals surface area contributed by atoms with E-state index >= 15 is 0 Å². The largest absolute Gasteiger partial charge is 0.508 e. The van der Waals surface area contributed by atoms with Gasteiger partial charge in [-0.3, -0.25) is 9.56 Å². The number of fused-ring (bicyclic) bond motifs is 4. The van der Waals surface area contributed by atoms with Crippen LogP contribution in [0.1, 0.15) is 112 Å². The first-order chi connectivity index (χ1) is 30.2. The van der Waals surface area contributed by atoms with Gasteiger partial charge >= 0.3 is 0 Å². The summed E-state index contributed by atoms with van der Waals surface area (Å²) >= 11 is 1.82. The van der Waals surface area contributed by atoms with Gasteiger partial charge < -0.3 is 19.8 Å². The van der Waals surface area contributed by atoms with Crippen molar-refractivity contribution < 1.29 is 5.11 Å². The molecule has 8 nitrogen and oxygen atoms in total. The lowest BCUT2D eigenvalue weighted by Crippen LogP contribution is -2.61. The van der Waals surface area contributed by atoms with Gasteiger partial charge in [-0.2, -0.15) is 0 Å². The third-order valence-electron chi connectivity index (χ3n) is 15.4. The van der Waals surface area contributed by atoms with Gasteiger partial charge in [0, 0.05) is 79.1 Å². The van der Waals surface area contributed by atoms with Crippen molar-refractivity contribution in [2.24, 2.45) is 16.3 Å². The standard InChI is InChI=1S/C53H59N7OS/c1-34-36(3)62-52-48(34)50(54-35(2)51-56-55-37(4)60(51)52)41-12-17-44(18-13-41)59-28-24-53(25-29-59)32-57(33-53)31-38-22-26-58(27-23-38)43-15-10-40(11-16-43)49-46(39-8-6-5-7-9-39)20-14-42-30-45(61)19-21-47(42)49/h5-13,15-19,21,30,35,38,46,49,61H,14,20,22-29,31-33H2,1-4H3/t35-,46+,49-/m0/s1. The van der Waals surface area contributed by atoms with Crippen LogP contribution in [0, 0.1) is 32.1 Å². The van der Waals surface area contributed by atoms with E-state index in [4.69, 9.17) is 4.99 Å².